The van der Waals surface area contributed by atoms with Gasteiger partial charge < -0.3 is 9.38 Å². The van der Waals surface area contributed by atoms with Crippen LogP contribution in [0.4, 0.5) is 5.69 Å². The third kappa shape index (κ3) is 2.00. The average molecular weight is 352 g/mol. The highest BCUT2D eigenvalue weighted by Crippen LogP contribution is 2.36. The van der Waals surface area contributed by atoms with Crippen LogP contribution in [-0.2, 0) is 0 Å². The molecule has 0 saturated carbocycles. The van der Waals surface area contributed by atoms with Crippen molar-refractivity contribution in [2.75, 3.05) is 37.6 Å². The molecular formula is C16H20BrN2S+. The fraction of sp³-hybridized carbons (Fsp3) is 0.500. The SMILES string of the molecule is BrC1CCC[N+]12CCN(c1cccc3sccc13)CC2. The van der Waals surface area contributed by atoms with Crippen LogP contribution < -0.4 is 4.90 Å². The van der Waals surface area contributed by atoms with Gasteiger partial charge in [-0.1, -0.05) is 6.07 Å². The van der Waals surface area contributed by atoms with E-state index in [1.54, 1.807) is 0 Å². The Bertz CT molecular complexity index is 616. The van der Waals surface area contributed by atoms with E-state index in [2.05, 4.69) is 50.5 Å². The van der Waals surface area contributed by atoms with E-state index in [9.17, 15) is 0 Å². The minimum Gasteiger partial charge on any atom is -0.360 e. The molecule has 4 rings (SSSR count). The van der Waals surface area contributed by atoms with Crippen LogP contribution in [0.25, 0.3) is 10.1 Å². The van der Waals surface area contributed by atoms with Crippen molar-refractivity contribution in [3.05, 3.63) is 29.6 Å². The first-order chi connectivity index (χ1) is 9.78. The molecule has 0 amide bonds. The van der Waals surface area contributed by atoms with Crippen molar-refractivity contribution in [1.29, 1.82) is 0 Å². The molecule has 2 fully saturated rings. The number of hydrogen-bond acceptors (Lipinski definition) is 2. The number of thiophene rings is 1. The first-order valence-corrected chi connectivity index (χ1v) is 9.29. The zero-order chi connectivity index (χ0) is 13.6. The van der Waals surface area contributed by atoms with Crippen molar-refractivity contribution in [2.45, 2.75) is 17.8 Å². The van der Waals surface area contributed by atoms with Gasteiger partial charge in [-0.15, -0.1) is 11.3 Å². The summed E-state index contributed by atoms with van der Waals surface area (Å²) in [5, 5.41) is 3.64. The number of piperazine rings is 1. The number of anilines is 1. The molecule has 2 aromatic rings. The smallest absolute Gasteiger partial charge is 0.144 e. The van der Waals surface area contributed by atoms with Gasteiger partial charge in [0.2, 0.25) is 0 Å². The molecular weight excluding hydrogens is 332 g/mol. The fourth-order valence-corrected chi connectivity index (χ4v) is 5.60. The third-order valence-electron chi connectivity index (χ3n) is 5.08. The molecule has 1 spiro atoms. The summed E-state index contributed by atoms with van der Waals surface area (Å²) in [6.07, 6.45) is 2.73. The van der Waals surface area contributed by atoms with Gasteiger partial charge in [-0.05, 0) is 39.5 Å². The number of nitrogens with zero attached hydrogens (tertiary/aromatic N) is 2. The van der Waals surface area contributed by atoms with Crippen LogP contribution in [0.5, 0.6) is 0 Å². The molecule has 0 bridgehead atoms. The lowest BCUT2D eigenvalue weighted by atomic mass is 10.1. The monoisotopic (exact) mass is 351 g/mol. The van der Waals surface area contributed by atoms with Crippen LogP contribution in [0.3, 0.4) is 0 Å². The highest BCUT2D eigenvalue weighted by atomic mass is 79.9. The van der Waals surface area contributed by atoms with Gasteiger partial charge in [-0.3, -0.25) is 0 Å². The number of halogens is 1. The van der Waals surface area contributed by atoms with Crippen LogP contribution in [0, 0.1) is 0 Å². The fourth-order valence-electron chi connectivity index (χ4n) is 3.85. The summed E-state index contributed by atoms with van der Waals surface area (Å²) in [5.74, 6) is 0. The van der Waals surface area contributed by atoms with E-state index in [-0.39, 0.29) is 0 Å². The first kappa shape index (κ1) is 13.1. The molecule has 1 unspecified atom stereocenters. The van der Waals surface area contributed by atoms with Gasteiger partial charge in [0, 0.05) is 28.6 Å². The average Bonchev–Trinajstić information content (AvgIpc) is 3.08. The Hall–Kier alpha value is -0.580. The maximum Gasteiger partial charge on any atom is 0.144 e. The van der Waals surface area contributed by atoms with Crippen molar-refractivity contribution in [3.8, 4) is 0 Å². The molecule has 0 radical (unpaired) electrons. The zero-order valence-corrected chi connectivity index (χ0v) is 14.0. The van der Waals surface area contributed by atoms with E-state index in [0.29, 0.717) is 4.95 Å². The number of benzene rings is 1. The zero-order valence-electron chi connectivity index (χ0n) is 11.6. The maximum atomic E-state index is 3.92. The number of rotatable bonds is 1. The lowest BCUT2D eigenvalue weighted by molar-refractivity contribution is -0.925. The molecule has 106 valence electrons. The van der Waals surface area contributed by atoms with Crippen LogP contribution in [-0.4, -0.2) is 42.2 Å². The summed E-state index contributed by atoms with van der Waals surface area (Å²) in [6, 6.07) is 9.00. The molecule has 1 aromatic heterocycles. The van der Waals surface area contributed by atoms with E-state index in [0.717, 1.165) is 0 Å². The van der Waals surface area contributed by atoms with Gasteiger partial charge in [-0.2, -0.15) is 0 Å². The predicted octanol–water partition coefficient (Wildman–Crippen LogP) is 4.05. The predicted molar refractivity (Wildman–Crippen MR) is 90.8 cm³/mol. The molecule has 20 heavy (non-hydrogen) atoms. The van der Waals surface area contributed by atoms with Crippen LogP contribution in [0.2, 0.25) is 0 Å². The van der Waals surface area contributed by atoms with Crippen molar-refractivity contribution in [1.82, 2.24) is 0 Å². The molecule has 3 heterocycles. The van der Waals surface area contributed by atoms with Crippen molar-refractivity contribution in [3.63, 3.8) is 0 Å². The van der Waals surface area contributed by atoms with Gasteiger partial charge in [0.1, 0.15) is 4.95 Å². The molecule has 2 aliphatic rings. The number of alkyl halides is 1. The highest BCUT2D eigenvalue weighted by molar-refractivity contribution is 9.09. The maximum absolute atomic E-state index is 3.92. The summed E-state index contributed by atoms with van der Waals surface area (Å²) in [6.45, 7) is 6.33. The normalized spacial score (nSPS) is 25.6. The minimum absolute atomic E-state index is 0.696. The van der Waals surface area contributed by atoms with Crippen LogP contribution in [0.15, 0.2) is 29.6 Å². The number of quaternary nitrogens is 1. The Balaban J connectivity index is 1.59. The van der Waals surface area contributed by atoms with Crippen LogP contribution in [0.1, 0.15) is 12.8 Å². The minimum atomic E-state index is 0.696. The standard InChI is InChI=1S/C16H20BrN2S/c17-16-5-2-9-19(16)10-7-18(8-11-19)14-3-1-4-15-13(14)6-12-20-15/h1,3-4,6,12,16H,2,5,7-11H2/q+1. The number of hydrogen-bond donors (Lipinski definition) is 0. The Morgan fingerprint density at radius 1 is 1.15 bits per heavy atom. The number of fused-ring (bicyclic) bond motifs is 1. The second-order valence-corrected chi connectivity index (χ2v) is 8.07. The molecule has 2 saturated heterocycles. The van der Waals surface area contributed by atoms with Gasteiger partial charge in [-0.25, -0.2) is 0 Å². The summed E-state index contributed by atoms with van der Waals surface area (Å²) in [5.41, 5.74) is 1.44. The lowest BCUT2D eigenvalue weighted by Crippen LogP contribution is -2.60. The molecule has 1 aromatic carbocycles. The topological polar surface area (TPSA) is 3.24 Å². The largest absolute Gasteiger partial charge is 0.360 e. The molecule has 1 atom stereocenters. The van der Waals surface area contributed by atoms with Gasteiger partial charge >= 0.3 is 0 Å². The molecule has 0 aliphatic carbocycles. The Labute approximate surface area is 132 Å². The summed E-state index contributed by atoms with van der Waals surface area (Å²) in [7, 11) is 0. The van der Waals surface area contributed by atoms with Crippen molar-refractivity contribution in [2.24, 2.45) is 0 Å². The van der Waals surface area contributed by atoms with E-state index >= 15 is 0 Å². The Morgan fingerprint density at radius 2 is 2.00 bits per heavy atom. The second kappa shape index (κ2) is 5.00. The Kier molecular flexibility index (Phi) is 3.28. The van der Waals surface area contributed by atoms with Crippen molar-refractivity contribution < 1.29 is 4.48 Å². The van der Waals surface area contributed by atoms with Gasteiger partial charge in [0.05, 0.1) is 32.7 Å². The summed E-state index contributed by atoms with van der Waals surface area (Å²) in [4.78, 5) is 3.29. The second-order valence-electron chi connectivity index (χ2n) is 6.06. The van der Waals surface area contributed by atoms with E-state index < -0.39 is 0 Å². The summed E-state index contributed by atoms with van der Waals surface area (Å²) >= 11 is 5.77. The molecule has 0 N–H and O–H groups in total. The summed E-state index contributed by atoms with van der Waals surface area (Å²) < 4.78 is 2.72. The third-order valence-corrected chi connectivity index (χ3v) is 7.29. The van der Waals surface area contributed by atoms with Crippen LogP contribution >= 0.6 is 27.3 Å². The first-order valence-electron chi connectivity index (χ1n) is 7.50. The van der Waals surface area contributed by atoms with Crippen molar-refractivity contribution >= 4 is 43.0 Å². The molecule has 4 heteroatoms. The van der Waals surface area contributed by atoms with E-state index in [1.165, 1.54) is 65.8 Å². The van der Waals surface area contributed by atoms with Gasteiger partial charge in [0.15, 0.2) is 0 Å². The van der Waals surface area contributed by atoms with Gasteiger partial charge in [0.25, 0.3) is 0 Å². The highest BCUT2D eigenvalue weighted by Gasteiger charge is 2.42. The molecule has 2 aliphatic heterocycles. The van der Waals surface area contributed by atoms with E-state index in [4.69, 9.17) is 0 Å². The van der Waals surface area contributed by atoms with E-state index in [1.807, 2.05) is 11.3 Å². The quantitative estimate of drug-likeness (QED) is 0.425. The molecule has 2 nitrogen and oxygen atoms in total. The lowest BCUT2D eigenvalue weighted by Gasteiger charge is -2.45. The Morgan fingerprint density at radius 3 is 2.75 bits per heavy atom.